The van der Waals surface area contributed by atoms with Gasteiger partial charge in [-0.2, -0.15) is 0 Å². The van der Waals surface area contributed by atoms with E-state index in [4.69, 9.17) is 20.2 Å². The quantitative estimate of drug-likeness (QED) is 0.678. The normalized spacial score (nSPS) is 21.7. The summed E-state index contributed by atoms with van der Waals surface area (Å²) in [6.45, 7) is 2.89. The highest BCUT2D eigenvalue weighted by Gasteiger charge is 2.36. The number of ether oxygens (including phenoxy) is 2. The molecular formula is C12H23ClO4S. The molecule has 0 aliphatic heterocycles. The van der Waals surface area contributed by atoms with E-state index in [-0.39, 0.29) is 17.3 Å². The lowest BCUT2D eigenvalue weighted by Crippen LogP contribution is -2.37. The molecule has 1 fully saturated rings. The lowest BCUT2D eigenvalue weighted by atomic mass is 9.76. The highest BCUT2D eigenvalue weighted by Crippen LogP contribution is 2.38. The molecule has 0 aromatic heterocycles. The van der Waals surface area contributed by atoms with Crippen molar-refractivity contribution in [1.82, 2.24) is 0 Å². The Morgan fingerprint density at radius 1 is 1.28 bits per heavy atom. The largest absolute Gasteiger partial charge is 0.382 e. The average Bonchev–Trinajstić information content (AvgIpc) is 2.26. The van der Waals surface area contributed by atoms with Crippen LogP contribution in [0.2, 0.25) is 0 Å². The summed E-state index contributed by atoms with van der Waals surface area (Å²) < 4.78 is 33.5. The topological polar surface area (TPSA) is 52.6 Å². The zero-order chi connectivity index (χ0) is 13.6. The van der Waals surface area contributed by atoms with E-state index in [1.54, 1.807) is 7.11 Å². The van der Waals surface area contributed by atoms with E-state index < -0.39 is 9.05 Å². The Morgan fingerprint density at radius 3 is 2.39 bits per heavy atom. The van der Waals surface area contributed by atoms with Crippen LogP contribution in [0.25, 0.3) is 0 Å². The molecule has 18 heavy (non-hydrogen) atoms. The van der Waals surface area contributed by atoms with E-state index in [0.29, 0.717) is 13.2 Å². The molecule has 0 heterocycles. The fraction of sp³-hybridized carbons (Fsp3) is 1.00. The van der Waals surface area contributed by atoms with E-state index in [2.05, 4.69) is 0 Å². The zero-order valence-electron chi connectivity index (χ0n) is 11.2. The Labute approximate surface area is 114 Å². The molecule has 0 saturated heterocycles. The van der Waals surface area contributed by atoms with Crippen molar-refractivity contribution in [2.24, 2.45) is 5.41 Å². The highest BCUT2D eigenvalue weighted by molar-refractivity contribution is 8.13. The monoisotopic (exact) mass is 298 g/mol. The maximum Gasteiger partial charge on any atom is 0.233 e. The molecule has 0 radical (unpaired) electrons. The SMILES string of the molecule is COCC(C)OCC1(CS(=O)(=O)Cl)CCCCC1. The third-order valence-corrected chi connectivity index (χ3v) is 4.75. The van der Waals surface area contributed by atoms with Crippen molar-refractivity contribution >= 4 is 19.7 Å². The molecule has 1 aliphatic rings. The Bertz CT molecular complexity index is 336. The number of rotatable bonds is 7. The van der Waals surface area contributed by atoms with E-state index in [1.165, 1.54) is 0 Å². The van der Waals surface area contributed by atoms with Crippen LogP contribution in [-0.4, -0.2) is 40.6 Å². The van der Waals surface area contributed by atoms with Crippen LogP contribution in [0.3, 0.4) is 0 Å². The summed E-state index contributed by atoms with van der Waals surface area (Å²) in [4.78, 5) is 0. The lowest BCUT2D eigenvalue weighted by molar-refractivity contribution is -0.0379. The smallest absolute Gasteiger partial charge is 0.233 e. The molecule has 0 spiro atoms. The molecule has 1 atom stereocenters. The molecule has 0 bridgehead atoms. The van der Waals surface area contributed by atoms with Gasteiger partial charge in [-0.15, -0.1) is 0 Å². The predicted octanol–water partition coefficient (Wildman–Crippen LogP) is 2.56. The molecule has 0 amide bonds. The van der Waals surface area contributed by atoms with Crippen molar-refractivity contribution in [3.8, 4) is 0 Å². The van der Waals surface area contributed by atoms with Crippen LogP contribution >= 0.6 is 10.7 Å². The zero-order valence-corrected chi connectivity index (χ0v) is 12.7. The van der Waals surface area contributed by atoms with Crippen molar-refractivity contribution < 1.29 is 17.9 Å². The third-order valence-electron chi connectivity index (χ3n) is 3.47. The second kappa shape index (κ2) is 7.08. The first kappa shape index (κ1) is 16.2. The van der Waals surface area contributed by atoms with Gasteiger partial charge in [0.05, 0.1) is 25.1 Å². The maximum atomic E-state index is 11.4. The second-order valence-electron chi connectivity index (χ2n) is 5.32. The molecule has 0 N–H and O–H groups in total. The third kappa shape index (κ3) is 5.87. The van der Waals surface area contributed by atoms with Crippen molar-refractivity contribution in [1.29, 1.82) is 0 Å². The molecule has 1 aliphatic carbocycles. The van der Waals surface area contributed by atoms with Gasteiger partial charge in [0.25, 0.3) is 0 Å². The lowest BCUT2D eigenvalue weighted by Gasteiger charge is -2.36. The molecular weight excluding hydrogens is 276 g/mol. The predicted molar refractivity (Wildman–Crippen MR) is 72.4 cm³/mol. The molecule has 6 heteroatoms. The van der Waals surface area contributed by atoms with E-state index in [9.17, 15) is 8.42 Å². The van der Waals surface area contributed by atoms with Gasteiger partial charge in [0.15, 0.2) is 0 Å². The molecule has 1 saturated carbocycles. The van der Waals surface area contributed by atoms with Gasteiger partial charge < -0.3 is 9.47 Å². The summed E-state index contributed by atoms with van der Waals surface area (Å²) in [7, 11) is 3.57. The van der Waals surface area contributed by atoms with Gasteiger partial charge in [-0.25, -0.2) is 8.42 Å². The fourth-order valence-electron chi connectivity index (χ4n) is 2.60. The van der Waals surface area contributed by atoms with Crippen molar-refractivity contribution in [3.05, 3.63) is 0 Å². The molecule has 1 rings (SSSR count). The van der Waals surface area contributed by atoms with Gasteiger partial charge in [0, 0.05) is 23.2 Å². The Kier molecular flexibility index (Phi) is 6.38. The number of hydrogen-bond acceptors (Lipinski definition) is 4. The van der Waals surface area contributed by atoms with Gasteiger partial charge in [-0.05, 0) is 19.8 Å². The van der Waals surface area contributed by atoms with E-state index in [1.807, 2.05) is 6.92 Å². The van der Waals surface area contributed by atoms with Crippen molar-refractivity contribution in [3.63, 3.8) is 0 Å². The molecule has 0 aromatic carbocycles. The second-order valence-corrected chi connectivity index (χ2v) is 8.10. The van der Waals surface area contributed by atoms with Gasteiger partial charge in [0.2, 0.25) is 9.05 Å². The van der Waals surface area contributed by atoms with Gasteiger partial charge in [-0.1, -0.05) is 19.3 Å². The van der Waals surface area contributed by atoms with Crippen molar-refractivity contribution in [2.75, 3.05) is 26.1 Å². The first-order valence-electron chi connectivity index (χ1n) is 6.40. The number of hydrogen-bond donors (Lipinski definition) is 0. The number of halogens is 1. The van der Waals surface area contributed by atoms with Crippen LogP contribution in [0.1, 0.15) is 39.0 Å². The van der Waals surface area contributed by atoms with Crippen LogP contribution in [0.15, 0.2) is 0 Å². The minimum Gasteiger partial charge on any atom is -0.382 e. The summed E-state index contributed by atoms with van der Waals surface area (Å²) in [5, 5.41) is 0. The Balaban J connectivity index is 2.60. The van der Waals surface area contributed by atoms with Crippen LogP contribution in [0.5, 0.6) is 0 Å². The van der Waals surface area contributed by atoms with Crippen LogP contribution in [-0.2, 0) is 18.5 Å². The van der Waals surface area contributed by atoms with Crippen LogP contribution in [0.4, 0.5) is 0 Å². The minimum atomic E-state index is -3.48. The van der Waals surface area contributed by atoms with E-state index in [0.717, 1.165) is 32.1 Å². The standard InChI is InChI=1S/C12H23ClO4S/c1-11(8-16-2)17-9-12(10-18(13,14)15)6-4-3-5-7-12/h11H,3-10H2,1-2H3. The van der Waals surface area contributed by atoms with Crippen LogP contribution < -0.4 is 0 Å². The summed E-state index contributed by atoms with van der Waals surface area (Å²) >= 11 is 0. The maximum absolute atomic E-state index is 11.4. The summed E-state index contributed by atoms with van der Waals surface area (Å²) in [5.74, 6) is 0.0151. The average molecular weight is 299 g/mol. The Hall–Kier alpha value is 0.160. The first-order valence-corrected chi connectivity index (χ1v) is 8.88. The van der Waals surface area contributed by atoms with E-state index >= 15 is 0 Å². The molecule has 4 nitrogen and oxygen atoms in total. The van der Waals surface area contributed by atoms with Gasteiger partial charge in [-0.3, -0.25) is 0 Å². The fourth-order valence-corrected chi connectivity index (χ4v) is 4.40. The molecule has 0 aromatic rings. The summed E-state index contributed by atoms with van der Waals surface area (Å²) in [6.07, 6.45) is 4.99. The highest BCUT2D eigenvalue weighted by atomic mass is 35.7. The molecule has 1 unspecified atom stereocenters. The summed E-state index contributed by atoms with van der Waals surface area (Å²) in [5.41, 5.74) is -0.305. The van der Waals surface area contributed by atoms with Gasteiger partial charge >= 0.3 is 0 Å². The van der Waals surface area contributed by atoms with Crippen molar-refractivity contribution in [2.45, 2.75) is 45.1 Å². The van der Waals surface area contributed by atoms with Gasteiger partial charge in [0.1, 0.15) is 0 Å². The number of methoxy groups -OCH3 is 1. The summed E-state index contributed by atoms with van der Waals surface area (Å²) in [6, 6.07) is 0. The molecule has 108 valence electrons. The minimum absolute atomic E-state index is 0.0151. The Morgan fingerprint density at radius 2 is 1.89 bits per heavy atom. The van der Waals surface area contributed by atoms with Crippen LogP contribution in [0, 0.1) is 5.41 Å². The first-order chi connectivity index (χ1) is 8.37.